The van der Waals surface area contributed by atoms with Crippen LogP contribution in [-0.2, 0) is 13.2 Å². The van der Waals surface area contributed by atoms with Crippen LogP contribution in [0.5, 0.6) is 11.5 Å². The molecule has 0 saturated heterocycles. The molecule has 0 aliphatic carbocycles. The predicted molar refractivity (Wildman–Crippen MR) is 103 cm³/mol. The molecule has 3 aromatic rings. The molecule has 0 atom stereocenters. The lowest BCUT2D eigenvalue weighted by atomic mass is 10.2. The summed E-state index contributed by atoms with van der Waals surface area (Å²) in [7, 11) is 1.59. The maximum absolute atomic E-state index is 12.9. The molecule has 1 N–H and O–H groups in total. The minimum Gasteiger partial charge on any atom is -0.495 e. The van der Waals surface area contributed by atoms with Crippen LogP contribution in [0, 0.1) is 5.82 Å². The van der Waals surface area contributed by atoms with Gasteiger partial charge in [-0.1, -0.05) is 35.9 Å². The van der Waals surface area contributed by atoms with Crippen molar-refractivity contribution in [1.82, 2.24) is 0 Å². The maximum Gasteiger partial charge on any atom is 0.137 e. The van der Waals surface area contributed by atoms with Crippen molar-refractivity contribution in [2.45, 2.75) is 13.2 Å². The van der Waals surface area contributed by atoms with Gasteiger partial charge in [0.25, 0.3) is 0 Å². The van der Waals surface area contributed by atoms with Crippen LogP contribution >= 0.6 is 11.6 Å². The van der Waals surface area contributed by atoms with Gasteiger partial charge in [0.15, 0.2) is 0 Å². The number of nitrogens with one attached hydrogen (secondary N) is 1. The van der Waals surface area contributed by atoms with Crippen LogP contribution in [0.3, 0.4) is 0 Å². The van der Waals surface area contributed by atoms with Crippen LogP contribution in [-0.4, -0.2) is 7.11 Å². The molecule has 0 radical (unpaired) electrons. The smallest absolute Gasteiger partial charge is 0.137 e. The summed E-state index contributed by atoms with van der Waals surface area (Å²) in [4.78, 5) is 0. The monoisotopic (exact) mass is 371 g/mol. The number of ether oxygens (including phenoxy) is 2. The van der Waals surface area contributed by atoms with Crippen LogP contribution in [0.25, 0.3) is 0 Å². The van der Waals surface area contributed by atoms with Gasteiger partial charge in [0.05, 0.1) is 12.1 Å². The van der Waals surface area contributed by atoms with E-state index >= 15 is 0 Å². The second-order valence-corrected chi connectivity index (χ2v) is 6.17. The molecular weight excluding hydrogens is 353 g/mol. The van der Waals surface area contributed by atoms with Gasteiger partial charge in [-0.3, -0.25) is 0 Å². The van der Waals surface area contributed by atoms with Gasteiger partial charge in [0.1, 0.15) is 23.9 Å². The van der Waals surface area contributed by atoms with E-state index in [0.717, 1.165) is 22.6 Å². The average Bonchev–Trinajstić information content (AvgIpc) is 2.66. The fourth-order valence-corrected chi connectivity index (χ4v) is 2.73. The van der Waals surface area contributed by atoms with Gasteiger partial charge in [0.2, 0.25) is 0 Å². The van der Waals surface area contributed by atoms with Gasteiger partial charge in [-0.05, 0) is 53.6 Å². The minimum atomic E-state index is -0.250. The van der Waals surface area contributed by atoms with E-state index in [1.165, 1.54) is 12.1 Å². The summed E-state index contributed by atoms with van der Waals surface area (Å²) in [6.45, 7) is 1.03. The fraction of sp³-hybridized carbons (Fsp3) is 0.143. The summed E-state index contributed by atoms with van der Waals surface area (Å²) in [6, 6.07) is 19.7. The predicted octanol–water partition coefficient (Wildman–Crippen LogP) is 5.68. The van der Waals surface area contributed by atoms with Gasteiger partial charge in [-0.15, -0.1) is 0 Å². The Bertz CT molecular complexity index is 868. The Morgan fingerprint density at radius 2 is 1.77 bits per heavy atom. The highest BCUT2D eigenvalue weighted by molar-refractivity contribution is 6.32. The van der Waals surface area contributed by atoms with E-state index in [1.54, 1.807) is 19.2 Å². The van der Waals surface area contributed by atoms with Crippen molar-refractivity contribution < 1.29 is 13.9 Å². The summed E-state index contributed by atoms with van der Waals surface area (Å²) in [5.74, 6) is 1.16. The second-order valence-electron chi connectivity index (χ2n) is 5.77. The molecule has 134 valence electrons. The molecule has 26 heavy (non-hydrogen) atoms. The molecule has 5 heteroatoms. The molecule has 0 fully saturated rings. The molecule has 3 nitrogen and oxygen atoms in total. The Morgan fingerprint density at radius 3 is 2.50 bits per heavy atom. The summed E-state index contributed by atoms with van der Waals surface area (Å²) in [6.07, 6.45) is 0. The largest absolute Gasteiger partial charge is 0.495 e. The van der Waals surface area contributed by atoms with Crippen molar-refractivity contribution in [2.24, 2.45) is 0 Å². The van der Waals surface area contributed by atoms with Crippen molar-refractivity contribution >= 4 is 17.3 Å². The summed E-state index contributed by atoms with van der Waals surface area (Å²) in [5.41, 5.74) is 2.91. The van der Waals surface area contributed by atoms with E-state index in [9.17, 15) is 4.39 Å². The third-order valence-corrected chi connectivity index (χ3v) is 4.16. The number of methoxy groups -OCH3 is 1. The highest BCUT2D eigenvalue weighted by Crippen LogP contribution is 2.27. The standard InChI is InChI=1S/C21H19ClFNO2/c1-25-21-10-9-18(12-20(21)22)24-13-16-3-2-4-19(11-16)26-14-15-5-7-17(23)8-6-15/h2-12,24H,13-14H2,1H3. The third-order valence-electron chi connectivity index (χ3n) is 3.87. The van der Waals surface area contributed by atoms with E-state index in [0.29, 0.717) is 23.9 Å². The maximum atomic E-state index is 12.9. The number of anilines is 1. The molecule has 0 aliphatic heterocycles. The fourth-order valence-electron chi connectivity index (χ4n) is 2.47. The number of halogens is 2. The lowest BCUT2D eigenvalue weighted by molar-refractivity contribution is 0.306. The summed E-state index contributed by atoms with van der Waals surface area (Å²) in [5, 5.41) is 3.89. The molecule has 0 unspecified atom stereocenters. The summed E-state index contributed by atoms with van der Waals surface area (Å²) >= 11 is 6.14. The highest BCUT2D eigenvalue weighted by Gasteiger charge is 2.03. The van der Waals surface area contributed by atoms with Crippen molar-refractivity contribution in [2.75, 3.05) is 12.4 Å². The first-order valence-corrected chi connectivity index (χ1v) is 8.55. The van der Waals surface area contributed by atoms with Crippen LogP contribution in [0.4, 0.5) is 10.1 Å². The average molecular weight is 372 g/mol. The van der Waals surface area contributed by atoms with Gasteiger partial charge in [0, 0.05) is 12.2 Å². The molecule has 0 aliphatic rings. The molecule has 0 heterocycles. The van der Waals surface area contributed by atoms with E-state index < -0.39 is 0 Å². The van der Waals surface area contributed by atoms with Crippen molar-refractivity contribution in [3.63, 3.8) is 0 Å². The van der Waals surface area contributed by atoms with Crippen molar-refractivity contribution in [1.29, 1.82) is 0 Å². The van der Waals surface area contributed by atoms with Crippen molar-refractivity contribution in [3.8, 4) is 11.5 Å². The summed E-state index contributed by atoms with van der Waals surface area (Å²) < 4.78 is 23.9. The molecule has 0 saturated carbocycles. The lowest BCUT2D eigenvalue weighted by Crippen LogP contribution is -2.01. The van der Waals surface area contributed by atoms with E-state index in [4.69, 9.17) is 21.1 Å². The lowest BCUT2D eigenvalue weighted by Gasteiger charge is -2.11. The van der Waals surface area contributed by atoms with Crippen LogP contribution in [0.1, 0.15) is 11.1 Å². The third kappa shape index (κ3) is 4.90. The zero-order valence-corrected chi connectivity index (χ0v) is 15.1. The second kappa shape index (κ2) is 8.59. The van der Waals surface area contributed by atoms with Gasteiger partial charge in [-0.25, -0.2) is 4.39 Å². The zero-order valence-electron chi connectivity index (χ0n) is 14.3. The van der Waals surface area contributed by atoms with Crippen molar-refractivity contribution in [3.05, 3.63) is 88.7 Å². The molecule has 3 aromatic carbocycles. The molecule has 0 amide bonds. The normalized spacial score (nSPS) is 10.4. The Kier molecular flexibility index (Phi) is 5.97. The molecule has 0 spiro atoms. The van der Waals surface area contributed by atoms with E-state index in [1.807, 2.05) is 42.5 Å². The number of hydrogen-bond donors (Lipinski definition) is 1. The topological polar surface area (TPSA) is 30.5 Å². The van der Waals surface area contributed by atoms with Gasteiger partial charge < -0.3 is 14.8 Å². The molecule has 0 bridgehead atoms. The zero-order chi connectivity index (χ0) is 18.4. The first-order valence-electron chi connectivity index (χ1n) is 8.17. The SMILES string of the molecule is COc1ccc(NCc2cccc(OCc3ccc(F)cc3)c2)cc1Cl. The Balaban J connectivity index is 1.58. The van der Waals surface area contributed by atoms with Gasteiger partial charge >= 0.3 is 0 Å². The number of benzene rings is 3. The first kappa shape index (κ1) is 18.1. The quantitative estimate of drug-likeness (QED) is 0.579. The van der Waals surface area contributed by atoms with E-state index in [2.05, 4.69) is 5.32 Å². The Morgan fingerprint density at radius 1 is 0.962 bits per heavy atom. The molecular formula is C21H19ClFNO2. The first-order chi connectivity index (χ1) is 12.6. The van der Waals surface area contributed by atoms with Crippen LogP contribution in [0.15, 0.2) is 66.7 Å². The highest BCUT2D eigenvalue weighted by atomic mass is 35.5. The van der Waals surface area contributed by atoms with Gasteiger partial charge in [-0.2, -0.15) is 0 Å². The molecule has 0 aromatic heterocycles. The Hall–Kier alpha value is -2.72. The minimum absolute atomic E-state index is 0.250. The number of hydrogen-bond acceptors (Lipinski definition) is 3. The van der Waals surface area contributed by atoms with Crippen LogP contribution in [0.2, 0.25) is 5.02 Å². The van der Waals surface area contributed by atoms with Crippen LogP contribution < -0.4 is 14.8 Å². The number of rotatable bonds is 7. The molecule has 3 rings (SSSR count). The van der Waals surface area contributed by atoms with E-state index in [-0.39, 0.29) is 5.82 Å². The Labute approximate surface area is 157 Å².